The van der Waals surface area contributed by atoms with E-state index in [9.17, 15) is 0 Å². The second-order valence-electron chi connectivity index (χ2n) is 5.46. The summed E-state index contributed by atoms with van der Waals surface area (Å²) in [5.41, 5.74) is 6.78. The normalized spacial score (nSPS) is 27.6. The second-order valence-corrected chi connectivity index (χ2v) is 5.46. The van der Waals surface area contributed by atoms with Crippen LogP contribution in [0.2, 0.25) is 0 Å². The Hall–Kier alpha value is -1.29. The SMILES string of the molecule is Cc1cc(C)c(C)c(C2CC2(C)C#N)c1C. The smallest absolute Gasteiger partial charge is 0.0693 e. The molecule has 1 saturated carbocycles. The number of rotatable bonds is 1. The minimum Gasteiger partial charge on any atom is -0.198 e. The van der Waals surface area contributed by atoms with Gasteiger partial charge in [0.1, 0.15) is 0 Å². The van der Waals surface area contributed by atoms with Gasteiger partial charge in [-0.1, -0.05) is 6.07 Å². The van der Waals surface area contributed by atoms with Gasteiger partial charge in [0.25, 0.3) is 0 Å². The van der Waals surface area contributed by atoms with Crippen LogP contribution < -0.4 is 0 Å². The van der Waals surface area contributed by atoms with Crippen molar-refractivity contribution in [2.24, 2.45) is 5.41 Å². The molecule has 1 aromatic carbocycles. The molecule has 0 saturated heterocycles. The summed E-state index contributed by atoms with van der Waals surface area (Å²) in [6, 6.07) is 4.71. The number of nitrogens with zero attached hydrogens (tertiary/aromatic N) is 1. The fourth-order valence-corrected chi connectivity index (χ4v) is 2.68. The third-order valence-corrected chi connectivity index (χ3v) is 4.27. The molecule has 1 fully saturated rings. The molecule has 2 rings (SSSR count). The highest BCUT2D eigenvalue weighted by molar-refractivity contribution is 5.50. The summed E-state index contributed by atoms with van der Waals surface area (Å²) < 4.78 is 0. The first-order chi connectivity index (χ1) is 7.40. The molecule has 84 valence electrons. The number of nitriles is 1. The third kappa shape index (κ3) is 1.45. The molecule has 0 amide bonds. The average molecular weight is 213 g/mol. The van der Waals surface area contributed by atoms with Crippen LogP contribution in [0, 0.1) is 44.4 Å². The van der Waals surface area contributed by atoms with Crippen molar-refractivity contribution in [3.8, 4) is 6.07 Å². The fourth-order valence-electron chi connectivity index (χ4n) is 2.68. The van der Waals surface area contributed by atoms with Crippen molar-refractivity contribution in [3.05, 3.63) is 33.9 Å². The maximum Gasteiger partial charge on any atom is 0.0693 e. The Morgan fingerprint density at radius 1 is 1.19 bits per heavy atom. The van der Waals surface area contributed by atoms with Crippen molar-refractivity contribution >= 4 is 0 Å². The molecule has 1 aliphatic carbocycles. The molecular weight excluding hydrogens is 194 g/mol. The van der Waals surface area contributed by atoms with E-state index < -0.39 is 0 Å². The molecule has 16 heavy (non-hydrogen) atoms. The molecule has 1 aliphatic rings. The largest absolute Gasteiger partial charge is 0.198 e. The van der Waals surface area contributed by atoms with Gasteiger partial charge in [0, 0.05) is 5.92 Å². The first-order valence-corrected chi connectivity index (χ1v) is 5.89. The van der Waals surface area contributed by atoms with Gasteiger partial charge < -0.3 is 0 Å². The van der Waals surface area contributed by atoms with Gasteiger partial charge in [-0.3, -0.25) is 0 Å². The molecule has 1 nitrogen and oxygen atoms in total. The Bertz CT molecular complexity index is 467. The van der Waals surface area contributed by atoms with Gasteiger partial charge in [0.2, 0.25) is 0 Å². The summed E-state index contributed by atoms with van der Waals surface area (Å²) >= 11 is 0. The molecule has 1 aromatic rings. The van der Waals surface area contributed by atoms with Gasteiger partial charge in [-0.2, -0.15) is 5.26 Å². The van der Waals surface area contributed by atoms with E-state index in [2.05, 4.69) is 46.8 Å². The predicted octanol–water partition coefficient (Wildman–Crippen LogP) is 3.94. The van der Waals surface area contributed by atoms with Crippen molar-refractivity contribution in [1.82, 2.24) is 0 Å². The van der Waals surface area contributed by atoms with Crippen LogP contribution in [0.5, 0.6) is 0 Å². The van der Waals surface area contributed by atoms with E-state index in [0.717, 1.165) is 6.42 Å². The molecule has 0 spiro atoms. The minimum atomic E-state index is -0.115. The maximum absolute atomic E-state index is 9.17. The second kappa shape index (κ2) is 3.35. The number of benzene rings is 1. The van der Waals surface area contributed by atoms with E-state index in [1.165, 1.54) is 27.8 Å². The van der Waals surface area contributed by atoms with E-state index in [4.69, 9.17) is 5.26 Å². The van der Waals surface area contributed by atoms with E-state index in [1.807, 2.05) is 0 Å². The van der Waals surface area contributed by atoms with Crippen molar-refractivity contribution in [2.45, 2.75) is 47.0 Å². The van der Waals surface area contributed by atoms with Gasteiger partial charge in [-0.05, 0) is 68.9 Å². The Morgan fingerprint density at radius 2 is 1.69 bits per heavy atom. The lowest BCUT2D eigenvalue weighted by Gasteiger charge is -2.15. The molecule has 0 heterocycles. The van der Waals surface area contributed by atoms with E-state index in [1.54, 1.807) is 0 Å². The zero-order chi connectivity index (χ0) is 12.1. The van der Waals surface area contributed by atoms with Gasteiger partial charge in [-0.15, -0.1) is 0 Å². The topological polar surface area (TPSA) is 23.8 Å². The van der Waals surface area contributed by atoms with Gasteiger partial charge in [0.15, 0.2) is 0 Å². The first kappa shape index (κ1) is 11.2. The molecule has 0 aromatic heterocycles. The quantitative estimate of drug-likeness (QED) is 0.693. The Kier molecular flexibility index (Phi) is 2.35. The summed E-state index contributed by atoms with van der Waals surface area (Å²) in [5, 5.41) is 9.17. The van der Waals surface area contributed by atoms with Crippen LogP contribution in [-0.4, -0.2) is 0 Å². The molecule has 0 radical (unpaired) electrons. The molecule has 0 bridgehead atoms. The fraction of sp³-hybridized carbons (Fsp3) is 0.533. The molecule has 0 N–H and O–H groups in total. The lowest BCUT2D eigenvalue weighted by molar-refractivity contribution is 0.722. The zero-order valence-corrected chi connectivity index (χ0v) is 10.8. The van der Waals surface area contributed by atoms with E-state index in [-0.39, 0.29) is 5.41 Å². The van der Waals surface area contributed by atoms with Crippen LogP contribution in [0.1, 0.15) is 47.1 Å². The third-order valence-electron chi connectivity index (χ3n) is 4.27. The van der Waals surface area contributed by atoms with Crippen molar-refractivity contribution < 1.29 is 0 Å². The monoisotopic (exact) mass is 213 g/mol. The van der Waals surface area contributed by atoms with Crippen molar-refractivity contribution in [1.29, 1.82) is 5.26 Å². The van der Waals surface area contributed by atoms with Crippen LogP contribution in [0.4, 0.5) is 0 Å². The number of hydrogen-bond acceptors (Lipinski definition) is 1. The Morgan fingerprint density at radius 3 is 2.06 bits per heavy atom. The maximum atomic E-state index is 9.17. The van der Waals surface area contributed by atoms with Crippen molar-refractivity contribution in [2.75, 3.05) is 0 Å². The van der Waals surface area contributed by atoms with Crippen LogP contribution in [0.25, 0.3) is 0 Å². The van der Waals surface area contributed by atoms with Gasteiger partial charge >= 0.3 is 0 Å². The molecule has 1 heteroatoms. The van der Waals surface area contributed by atoms with Crippen LogP contribution >= 0.6 is 0 Å². The lowest BCUT2D eigenvalue weighted by Crippen LogP contribution is -2.01. The molecule has 2 atom stereocenters. The summed E-state index contributed by atoms with van der Waals surface area (Å²) in [5.74, 6) is 0.455. The lowest BCUT2D eigenvalue weighted by atomic mass is 9.89. The summed E-state index contributed by atoms with van der Waals surface area (Å²) in [7, 11) is 0. The molecule has 2 unspecified atom stereocenters. The number of aryl methyl sites for hydroxylation is 2. The minimum absolute atomic E-state index is 0.115. The Balaban J connectivity index is 2.55. The molecule has 0 aliphatic heterocycles. The first-order valence-electron chi connectivity index (χ1n) is 5.89. The van der Waals surface area contributed by atoms with Gasteiger partial charge in [0.05, 0.1) is 11.5 Å². The number of hydrogen-bond donors (Lipinski definition) is 0. The Labute approximate surface area is 98.1 Å². The average Bonchev–Trinajstić information content (AvgIpc) is 2.89. The van der Waals surface area contributed by atoms with Crippen LogP contribution in [0.15, 0.2) is 6.07 Å². The predicted molar refractivity (Wildman–Crippen MR) is 66.5 cm³/mol. The van der Waals surface area contributed by atoms with E-state index >= 15 is 0 Å². The molecular formula is C15H19N. The highest BCUT2D eigenvalue weighted by atomic mass is 14.6. The highest BCUT2D eigenvalue weighted by Crippen LogP contribution is 2.60. The zero-order valence-electron chi connectivity index (χ0n) is 10.8. The standard InChI is InChI=1S/C15H19N/c1-9-6-10(2)12(4)14(11(9)3)13-7-15(13,5)8-16/h6,13H,7H2,1-5H3. The van der Waals surface area contributed by atoms with Crippen LogP contribution in [-0.2, 0) is 0 Å². The summed E-state index contributed by atoms with van der Waals surface area (Å²) in [4.78, 5) is 0. The van der Waals surface area contributed by atoms with E-state index in [0.29, 0.717) is 5.92 Å². The highest BCUT2D eigenvalue weighted by Gasteiger charge is 2.52. The summed E-state index contributed by atoms with van der Waals surface area (Å²) in [6.45, 7) is 10.8. The summed E-state index contributed by atoms with van der Waals surface area (Å²) in [6.07, 6.45) is 1.02. The van der Waals surface area contributed by atoms with Crippen molar-refractivity contribution in [3.63, 3.8) is 0 Å². The van der Waals surface area contributed by atoms with Gasteiger partial charge in [-0.25, -0.2) is 0 Å². The van der Waals surface area contributed by atoms with Crippen LogP contribution in [0.3, 0.4) is 0 Å².